The Labute approximate surface area is 180 Å². The van der Waals surface area contributed by atoms with Crippen LogP contribution in [0.25, 0.3) is 0 Å². The van der Waals surface area contributed by atoms with Gasteiger partial charge in [0.25, 0.3) is 0 Å². The molecule has 0 saturated carbocycles. The van der Waals surface area contributed by atoms with E-state index in [4.69, 9.17) is 14.8 Å². The zero-order chi connectivity index (χ0) is 18.5. The van der Waals surface area contributed by atoms with Gasteiger partial charge in [0.15, 0.2) is 5.96 Å². The lowest BCUT2D eigenvalue weighted by atomic mass is 9.94. The molecule has 0 bridgehead atoms. The molecule has 0 aromatic carbocycles. The molecule has 2 unspecified atom stereocenters. The van der Waals surface area contributed by atoms with Crippen molar-refractivity contribution in [1.82, 2.24) is 25.3 Å². The molecule has 3 rings (SSSR count). The van der Waals surface area contributed by atoms with Gasteiger partial charge in [-0.3, -0.25) is 9.67 Å². The van der Waals surface area contributed by atoms with E-state index >= 15 is 0 Å². The third-order valence-corrected chi connectivity index (χ3v) is 5.11. The van der Waals surface area contributed by atoms with Gasteiger partial charge in [-0.15, -0.1) is 24.0 Å². The standard InChI is InChI=1S/C19H34N6O.HI/c1-5-20-19(21-11-17-13-24(4)8-9-26-17)22-16-7-6-15-12-25(14(2)3)23-18(15)10-16;/h12,14,16-17H,5-11,13H2,1-4H3,(H2,20,21,22);1H. The van der Waals surface area contributed by atoms with E-state index in [1.165, 1.54) is 11.3 Å². The number of morpholine rings is 1. The molecule has 27 heavy (non-hydrogen) atoms. The van der Waals surface area contributed by atoms with Gasteiger partial charge in [-0.05, 0) is 46.2 Å². The highest BCUT2D eigenvalue weighted by Gasteiger charge is 2.23. The molecule has 2 N–H and O–H groups in total. The average Bonchev–Trinajstić information content (AvgIpc) is 3.04. The number of nitrogens with one attached hydrogen (secondary N) is 2. The lowest BCUT2D eigenvalue weighted by Crippen LogP contribution is -2.47. The highest BCUT2D eigenvalue weighted by Crippen LogP contribution is 2.21. The summed E-state index contributed by atoms with van der Waals surface area (Å²) in [6.07, 6.45) is 5.55. The summed E-state index contributed by atoms with van der Waals surface area (Å²) in [6.45, 7) is 10.8. The van der Waals surface area contributed by atoms with E-state index < -0.39 is 0 Å². The Morgan fingerprint density at radius 3 is 2.96 bits per heavy atom. The minimum absolute atomic E-state index is 0. The smallest absolute Gasteiger partial charge is 0.191 e. The fourth-order valence-electron chi connectivity index (χ4n) is 3.58. The van der Waals surface area contributed by atoms with E-state index in [0.29, 0.717) is 18.6 Å². The van der Waals surface area contributed by atoms with Gasteiger partial charge in [0.2, 0.25) is 0 Å². The lowest BCUT2D eigenvalue weighted by Gasteiger charge is -2.29. The second-order valence-electron chi connectivity index (χ2n) is 7.73. The molecule has 1 fully saturated rings. The summed E-state index contributed by atoms with van der Waals surface area (Å²) in [4.78, 5) is 7.08. The quantitative estimate of drug-likeness (QED) is 0.375. The number of hydrogen-bond acceptors (Lipinski definition) is 4. The van der Waals surface area contributed by atoms with Crippen molar-refractivity contribution in [1.29, 1.82) is 0 Å². The second-order valence-corrected chi connectivity index (χ2v) is 7.73. The number of aliphatic imine (C=N–C) groups is 1. The number of rotatable bonds is 5. The van der Waals surface area contributed by atoms with Gasteiger partial charge in [-0.25, -0.2) is 0 Å². The van der Waals surface area contributed by atoms with Crippen LogP contribution in [-0.2, 0) is 17.6 Å². The van der Waals surface area contributed by atoms with E-state index in [-0.39, 0.29) is 30.1 Å². The maximum Gasteiger partial charge on any atom is 0.191 e. The molecular formula is C19H35IN6O. The van der Waals surface area contributed by atoms with Crippen molar-refractivity contribution in [2.45, 2.75) is 58.2 Å². The Balaban J connectivity index is 0.00000261. The van der Waals surface area contributed by atoms with Gasteiger partial charge in [-0.2, -0.15) is 5.10 Å². The number of likely N-dealkylation sites (N-methyl/N-ethyl adjacent to an activating group) is 1. The second kappa shape index (κ2) is 10.6. The number of fused-ring (bicyclic) bond motifs is 1. The fraction of sp³-hybridized carbons (Fsp3) is 0.789. The summed E-state index contributed by atoms with van der Waals surface area (Å²) in [6, 6.07) is 0.797. The Bertz CT molecular complexity index is 617. The van der Waals surface area contributed by atoms with Crippen molar-refractivity contribution in [2.75, 3.05) is 39.8 Å². The molecule has 0 spiro atoms. The maximum atomic E-state index is 5.82. The fourth-order valence-corrected chi connectivity index (χ4v) is 3.58. The van der Waals surface area contributed by atoms with Gasteiger partial charge in [0.05, 0.1) is 24.9 Å². The van der Waals surface area contributed by atoms with Crippen LogP contribution < -0.4 is 10.6 Å². The first-order valence-electron chi connectivity index (χ1n) is 9.97. The van der Waals surface area contributed by atoms with Crippen LogP contribution in [0.15, 0.2) is 11.2 Å². The van der Waals surface area contributed by atoms with E-state index in [1.54, 1.807) is 0 Å². The third kappa shape index (κ3) is 6.32. The van der Waals surface area contributed by atoms with Crippen LogP contribution in [0.3, 0.4) is 0 Å². The van der Waals surface area contributed by atoms with E-state index in [9.17, 15) is 0 Å². The van der Waals surface area contributed by atoms with Gasteiger partial charge in [0, 0.05) is 44.3 Å². The van der Waals surface area contributed by atoms with Crippen molar-refractivity contribution >= 4 is 29.9 Å². The summed E-state index contributed by atoms with van der Waals surface area (Å²) < 4.78 is 7.91. The zero-order valence-electron chi connectivity index (χ0n) is 17.1. The summed E-state index contributed by atoms with van der Waals surface area (Å²) in [5.41, 5.74) is 2.63. The Morgan fingerprint density at radius 2 is 2.26 bits per heavy atom. The van der Waals surface area contributed by atoms with E-state index in [0.717, 1.165) is 51.5 Å². The molecule has 154 valence electrons. The molecule has 2 aliphatic rings. The van der Waals surface area contributed by atoms with Crippen LogP contribution in [-0.4, -0.2) is 72.6 Å². The van der Waals surface area contributed by atoms with Crippen LogP contribution in [0.4, 0.5) is 0 Å². The first-order chi connectivity index (χ1) is 12.5. The molecule has 1 saturated heterocycles. The zero-order valence-corrected chi connectivity index (χ0v) is 19.4. The van der Waals surface area contributed by atoms with E-state index in [1.807, 2.05) is 0 Å². The summed E-state index contributed by atoms with van der Waals surface area (Å²) in [5, 5.41) is 11.8. The Morgan fingerprint density at radius 1 is 1.44 bits per heavy atom. The molecule has 2 atom stereocenters. The lowest BCUT2D eigenvalue weighted by molar-refractivity contribution is -0.0136. The molecule has 1 aliphatic carbocycles. The molecule has 2 heterocycles. The molecule has 1 aromatic heterocycles. The van der Waals surface area contributed by atoms with Gasteiger partial charge in [-0.1, -0.05) is 0 Å². The van der Waals surface area contributed by atoms with Crippen LogP contribution in [0.1, 0.15) is 44.5 Å². The molecule has 7 nitrogen and oxygen atoms in total. The molecule has 8 heteroatoms. The van der Waals surface area contributed by atoms with Gasteiger partial charge < -0.3 is 20.3 Å². The Kier molecular flexibility index (Phi) is 8.81. The minimum atomic E-state index is 0. The maximum absolute atomic E-state index is 5.82. The normalized spacial score (nSPS) is 23.7. The highest BCUT2D eigenvalue weighted by molar-refractivity contribution is 14.0. The number of hydrogen-bond donors (Lipinski definition) is 2. The number of ether oxygens (including phenoxy) is 1. The van der Waals surface area contributed by atoms with E-state index in [2.05, 4.69) is 54.2 Å². The predicted octanol–water partition coefficient (Wildman–Crippen LogP) is 1.83. The monoisotopic (exact) mass is 490 g/mol. The first kappa shape index (κ1) is 22.4. The van der Waals surface area contributed by atoms with Crippen LogP contribution in [0.2, 0.25) is 0 Å². The SMILES string of the molecule is CCNC(=NCC1CN(C)CCO1)NC1CCc2cn(C(C)C)nc2C1.I. The molecule has 1 aromatic rings. The number of nitrogens with zero attached hydrogens (tertiary/aromatic N) is 4. The summed E-state index contributed by atoms with van der Waals surface area (Å²) >= 11 is 0. The molecular weight excluding hydrogens is 455 g/mol. The molecule has 0 radical (unpaired) electrons. The largest absolute Gasteiger partial charge is 0.374 e. The van der Waals surface area contributed by atoms with Crippen LogP contribution in [0, 0.1) is 0 Å². The van der Waals surface area contributed by atoms with Crippen LogP contribution in [0.5, 0.6) is 0 Å². The van der Waals surface area contributed by atoms with Crippen molar-refractivity contribution in [3.8, 4) is 0 Å². The predicted molar refractivity (Wildman–Crippen MR) is 120 cm³/mol. The number of guanidine groups is 1. The molecule has 1 aliphatic heterocycles. The average molecular weight is 490 g/mol. The number of halogens is 1. The highest BCUT2D eigenvalue weighted by atomic mass is 127. The summed E-state index contributed by atoms with van der Waals surface area (Å²) in [7, 11) is 2.14. The van der Waals surface area contributed by atoms with Crippen molar-refractivity contribution in [3.63, 3.8) is 0 Å². The van der Waals surface area contributed by atoms with Gasteiger partial charge >= 0.3 is 0 Å². The summed E-state index contributed by atoms with van der Waals surface area (Å²) in [5.74, 6) is 0.890. The number of aromatic nitrogens is 2. The topological polar surface area (TPSA) is 66.7 Å². The number of aryl methyl sites for hydroxylation is 1. The van der Waals surface area contributed by atoms with Gasteiger partial charge in [0.1, 0.15) is 0 Å². The minimum Gasteiger partial charge on any atom is -0.374 e. The van der Waals surface area contributed by atoms with Crippen molar-refractivity contribution in [3.05, 3.63) is 17.5 Å². The van der Waals surface area contributed by atoms with Crippen molar-refractivity contribution in [2.24, 2.45) is 4.99 Å². The van der Waals surface area contributed by atoms with Crippen molar-refractivity contribution < 1.29 is 4.74 Å². The first-order valence-corrected chi connectivity index (χ1v) is 9.97. The van der Waals surface area contributed by atoms with Crippen LogP contribution >= 0.6 is 24.0 Å². The Hall–Kier alpha value is -0.870. The third-order valence-electron chi connectivity index (χ3n) is 5.11. The molecule has 0 amide bonds.